The molecular formula is C13H14N2O4. The Balaban J connectivity index is 2.06. The molecule has 100 valence electrons. The number of rotatable bonds is 6. The zero-order valence-corrected chi connectivity index (χ0v) is 10.5. The summed E-state index contributed by atoms with van der Waals surface area (Å²) in [6.07, 6.45) is 2.09. The molecule has 0 atom stereocenters. The molecule has 0 saturated carbocycles. The Morgan fingerprint density at radius 1 is 1.32 bits per heavy atom. The molecule has 0 spiro atoms. The summed E-state index contributed by atoms with van der Waals surface area (Å²) in [5.41, 5.74) is 0.655. The maximum Gasteiger partial charge on any atom is 0.393 e. The Morgan fingerprint density at radius 2 is 2.05 bits per heavy atom. The van der Waals surface area contributed by atoms with Gasteiger partial charge >= 0.3 is 11.9 Å². The number of nitrogens with zero attached hydrogens (tertiary/aromatic N) is 2. The average Bonchev–Trinajstić information content (AvgIpc) is 2.90. The van der Waals surface area contributed by atoms with Crippen LogP contribution in [0.15, 0.2) is 28.7 Å². The first-order valence-electron chi connectivity index (χ1n) is 6.00. The third-order valence-electron chi connectivity index (χ3n) is 2.48. The monoisotopic (exact) mass is 262 g/mol. The van der Waals surface area contributed by atoms with Gasteiger partial charge in [-0.3, -0.25) is 0 Å². The minimum Gasteiger partial charge on any atom is -0.494 e. The molecule has 0 saturated heterocycles. The van der Waals surface area contributed by atoms with Crippen LogP contribution < -0.4 is 4.74 Å². The summed E-state index contributed by atoms with van der Waals surface area (Å²) in [6.45, 7) is 2.78. The van der Waals surface area contributed by atoms with Crippen molar-refractivity contribution in [3.63, 3.8) is 0 Å². The molecule has 0 fully saturated rings. The number of aromatic nitrogens is 2. The average molecular weight is 262 g/mol. The van der Waals surface area contributed by atoms with Gasteiger partial charge in [-0.2, -0.15) is 0 Å². The van der Waals surface area contributed by atoms with Crippen LogP contribution in [0.3, 0.4) is 0 Å². The molecule has 0 bridgehead atoms. The van der Waals surface area contributed by atoms with E-state index in [4.69, 9.17) is 14.3 Å². The van der Waals surface area contributed by atoms with Gasteiger partial charge in [-0.25, -0.2) is 4.79 Å². The fourth-order valence-corrected chi connectivity index (χ4v) is 1.45. The second-order valence-corrected chi connectivity index (χ2v) is 3.94. The van der Waals surface area contributed by atoms with Gasteiger partial charge in [0.25, 0.3) is 0 Å². The van der Waals surface area contributed by atoms with Gasteiger partial charge in [0.1, 0.15) is 5.75 Å². The van der Waals surface area contributed by atoms with Gasteiger partial charge in [0.2, 0.25) is 5.89 Å². The molecule has 0 aliphatic carbocycles. The van der Waals surface area contributed by atoms with E-state index in [9.17, 15) is 4.79 Å². The smallest absolute Gasteiger partial charge is 0.393 e. The molecule has 0 amide bonds. The lowest BCUT2D eigenvalue weighted by Gasteiger charge is -2.04. The van der Waals surface area contributed by atoms with Crippen molar-refractivity contribution in [2.45, 2.75) is 19.8 Å². The number of ether oxygens (including phenoxy) is 1. The van der Waals surface area contributed by atoms with Crippen molar-refractivity contribution in [2.75, 3.05) is 6.61 Å². The SMILES string of the molecule is CCCCOc1ccc(-c2nnc(C(=O)O)o2)cc1. The molecule has 2 aromatic rings. The number of carbonyl (C=O) groups is 1. The van der Waals surface area contributed by atoms with Gasteiger partial charge in [-0.05, 0) is 30.7 Å². The number of aromatic carboxylic acids is 1. The molecule has 6 heteroatoms. The highest BCUT2D eigenvalue weighted by Crippen LogP contribution is 2.21. The summed E-state index contributed by atoms with van der Waals surface area (Å²) in [4.78, 5) is 10.6. The Morgan fingerprint density at radius 3 is 2.63 bits per heavy atom. The van der Waals surface area contributed by atoms with E-state index in [2.05, 4.69) is 17.1 Å². The van der Waals surface area contributed by atoms with Gasteiger partial charge in [0.05, 0.1) is 6.61 Å². The van der Waals surface area contributed by atoms with Gasteiger partial charge in [-0.1, -0.05) is 13.3 Å². The fraction of sp³-hybridized carbons (Fsp3) is 0.308. The Hall–Kier alpha value is -2.37. The van der Waals surface area contributed by atoms with E-state index in [1.165, 1.54) is 0 Å². The van der Waals surface area contributed by atoms with Crippen LogP contribution in [0.5, 0.6) is 5.75 Å². The van der Waals surface area contributed by atoms with Crippen molar-refractivity contribution in [3.8, 4) is 17.2 Å². The number of hydrogen-bond acceptors (Lipinski definition) is 5. The van der Waals surface area contributed by atoms with Crippen LogP contribution >= 0.6 is 0 Å². The minimum absolute atomic E-state index is 0.178. The second-order valence-electron chi connectivity index (χ2n) is 3.94. The van der Waals surface area contributed by atoms with E-state index in [1.807, 2.05) is 0 Å². The van der Waals surface area contributed by atoms with Crippen molar-refractivity contribution in [1.82, 2.24) is 10.2 Å². The Bertz CT molecular complexity index is 548. The highest BCUT2D eigenvalue weighted by molar-refractivity contribution is 5.82. The van der Waals surface area contributed by atoms with E-state index in [1.54, 1.807) is 24.3 Å². The maximum absolute atomic E-state index is 10.6. The van der Waals surface area contributed by atoms with Crippen LogP contribution in [-0.4, -0.2) is 27.9 Å². The van der Waals surface area contributed by atoms with E-state index in [-0.39, 0.29) is 5.89 Å². The molecule has 19 heavy (non-hydrogen) atoms. The lowest BCUT2D eigenvalue weighted by molar-refractivity contribution is 0.0654. The van der Waals surface area contributed by atoms with E-state index in [0.717, 1.165) is 18.6 Å². The molecule has 0 unspecified atom stereocenters. The van der Waals surface area contributed by atoms with E-state index < -0.39 is 11.9 Å². The lowest BCUT2D eigenvalue weighted by atomic mass is 10.2. The van der Waals surface area contributed by atoms with Crippen molar-refractivity contribution < 1.29 is 19.1 Å². The molecule has 0 radical (unpaired) electrons. The van der Waals surface area contributed by atoms with Crippen LogP contribution in [0, 0.1) is 0 Å². The number of carboxylic acid groups (broad SMARTS) is 1. The van der Waals surface area contributed by atoms with Crippen LogP contribution in [-0.2, 0) is 0 Å². The standard InChI is InChI=1S/C13H14N2O4/c1-2-3-8-18-10-6-4-9(5-7-10)11-14-15-12(19-11)13(16)17/h4-7H,2-3,8H2,1H3,(H,16,17). The topological polar surface area (TPSA) is 85.5 Å². The molecule has 2 rings (SSSR count). The highest BCUT2D eigenvalue weighted by atomic mass is 16.5. The lowest BCUT2D eigenvalue weighted by Crippen LogP contribution is -1.95. The molecule has 0 aliphatic rings. The quantitative estimate of drug-likeness (QED) is 0.805. The van der Waals surface area contributed by atoms with Gasteiger partial charge in [0.15, 0.2) is 0 Å². The van der Waals surface area contributed by atoms with Crippen molar-refractivity contribution in [2.24, 2.45) is 0 Å². The normalized spacial score (nSPS) is 10.4. The van der Waals surface area contributed by atoms with E-state index >= 15 is 0 Å². The zero-order chi connectivity index (χ0) is 13.7. The fourth-order valence-electron chi connectivity index (χ4n) is 1.45. The minimum atomic E-state index is -1.24. The van der Waals surface area contributed by atoms with Gasteiger partial charge in [-0.15, -0.1) is 10.2 Å². The third-order valence-corrected chi connectivity index (χ3v) is 2.48. The molecule has 1 N–H and O–H groups in total. The highest BCUT2D eigenvalue weighted by Gasteiger charge is 2.14. The summed E-state index contributed by atoms with van der Waals surface area (Å²) in [6, 6.07) is 7.08. The largest absolute Gasteiger partial charge is 0.494 e. The number of hydrogen-bond donors (Lipinski definition) is 1. The summed E-state index contributed by atoms with van der Waals surface area (Å²) in [5.74, 6) is -0.718. The molecule has 6 nitrogen and oxygen atoms in total. The third kappa shape index (κ3) is 3.31. The molecule has 1 aromatic heterocycles. The number of benzene rings is 1. The molecule has 1 heterocycles. The summed E-state index contributed by atoms with van der Waals surface area (Å²) >= 11 is 0. The Labute approximate surface area is 110 Å². The van der Waals surface area contributed by atoms with Crippen LogP contribution in [0.25, 0.3) is 11.5 Å². The molecule has 0 aliphatic heterocycles. The maximum atomic E-state index is 10.6. The van der Waals surface area contributed by atoms with Crippen LogP contribution in [0.2, 0.25) is 0 Å². The van der Waals surface area contributed by atoms with Crippen LogP contribution in [0.4, 0.5) is 0 Å². The molecular weight excluding hydrogens is 248 g/mol. The van der Waals surface area contributed by atoms with Gasteiger partial charge in [0, 0.05) is 5.56 Å². The predicted octanol–water partition coefficient (Wildman–Crippen LogP) is 2.61. The van der Waals surface area contributed by atoms with E-state index in [0.29, 0.717) is 12.2 Å². The molecule has 1 aromatic carbocycles. The summed E-state index contributed by atoms with van der Waals surface area (Å²) in [7, 11) is 0. The first kappa shape index (κ1) is 13.1. The summed E-state index contributed by atoms with van der Waals surface area (Å²) < 4.78 is 10.5. The number of carboxylic acids is 1. The zero-order valence-electron chi connectivity index (χ0n) is 10.5. The predicted molar refractivity (Wildman–Crippen MR) is 67.1 cm³/mol. The van der Waals surface area contributed by atoms with Crippen molar-refractivity contribution >= 4 is 5.97 Å². The number of unbranched alkanes of at least 4 members (excludes halogenated alkanes) is 1. The Kier molecular flexibility index (Phi) is 4.12. The van der Waals surface area contributed by atoms with Crippen LogP contribution in [0.1, 0.15) is 30.5 Å². The first-order chi connectivity index (χ1) is 9.20. The van der Waals surface area contributed by atoms with Crippen molar-refractivity contribution in [1.29, 1.82) is 0 Å². The summed E-state index contributed by atoms with van der Waals surface area (Å²) in [5, 5.41) is 15.8. The first-order valence-corrected chi connectivity index (χ1v) is 6.00. The van der Waals surface area contributed by atoms with Crippen molar-refractivity contribution in [3.05, 3.63) is 30.2 Å². The second kappa shape index (κ2) is 5.99. The van der Waals surface area contributed by atoms with Gasteiger partial charge < -0.3 is 14.3 Å².